The highest BCUT2D eigenvalue weighted by molar-refractivity contribution is 5.82. The molecule has 2 aliphatic rings. The third-order valence-electron chi connectivity index (χ3n) is 7.00. The monoisotopic (exact) mass is 541 g/mol. The number of aromatic nitrogens is 3. The van der Waals surface area contributed by atoms with Crippen LogP contribution < -0.4 is 11.1 Å². The lowest BCUT2D eigenvalue weighted by Crippen LogP contribution is -2.48. The van der Waals surface area contributed by atoms with Crippen molar-refractivity contribution >= 4 is 12.1 Å². The predicted molar refractivity (Wildman–Crippen MR) is 159 cm³/mol. The minimum absolute atomic E-state index is 0.0215. The van der Waals surface area contributed by atoms with Gasteiger partial charge in [-0.15, -0.1) is 5.10 Å². The highest BCUT2D eigenvalue weighted by Gasteiger charge is 2.44. The normalized spacial score (nSPS) is 20.6. The van der Waals surface area contributed by atoms with Crippen LogP contribution in [0, 0.1) is 5.41 Å². The number of hydrogen-bond acceptors (Lipinski definition) is 7. The number of aliphatic hydroxyl groups is 1. The van der Waals surface area contributed by atoms with E-state index in [0.717, 1.165) is 55.6 Å². The largest absolute Gasteiger partial charge is 0.402 e. The Morgan fingerprint density at radius 1 is 1.31 bits per heavy atom. The third kappa shape index (κ3) is 9.95. The second kappa shape index (κ2) is 15.0. The van der Waals surface area contributed by atoms with E-state index in [0.29, 0.717) is 24.9 Å². The van der Waals surface area contributed by atoms with Gasteiger partial charge in [0.15, 0.2) is 0 Å². The molecule has 1 saturated heterocycles. The Bertz CT molecular complexity index is 993. The Kier molecular flexibility index (Phi) is 12.4. The zero-order chi connectivity index (χ0) is 29.2. The number of aliphatic imine (C=N–C) groups is 1. The molecule has 0 unspecified atom stereocenters. The fourth-order valence-corrected chi connectivity index (χ4v) is 4.97. The lowest BCUT2D eigenvalue weighted by molar-refractivity contribution is -0.139. The lowest BCUT2D eigenvalue weighted by Gasteiger charge is -2.36. The maximum Gasteiger partial charge on any atom is 0.248 e. The number of carbonyl (C=O) groups is 1. The van der Waals surface area contributed by atoms with Gasteiger partial charge in [0.2, 0.25) is 5.91 Å². The fraction of sp³-hybridized carbons (Fsp3) is 0.667. The molecule has 1 aliphatic carbocycles. The molecule has 0 aromatic carbocycles. The van der Waals surface area contributed by atoms with Gasteiger partial charge in [0.05, 0.1) is 17.8 Å². The van der Waals surface area contributed by atoms with Crippen molar-refractivity contribution in [3.8, 4) is 0 Å². The maximum atomic E-state index is 13.8. The molecule has 0 spiro atoms. The fourth-order valence-electron chi connectivity index (χ4n) is 4.97. The summed E-state index contributed by atoms with van der Waals surface area (Å²) in [4.78, 5) is 19.3. The van der Waals surface area contributed by atoms with Crippen LogP contribution in [0.15, 0.2) is 48.0 Å². The zero-order valence-corrected chi connectivity index (χ0v) is 24.9. The summed E-state index contributed by atoms with van der Waals surface area (Å²) in [5.41, 5.74) is 7.49. The van der Waals surface area contributed by atoms with Crippen molar-refractivity contribution in [1.29, 1.82) is 0 Å². The Morgan fingerprint density at radius 2 is 1.95 bits per heavy atom. The summed E-state index contributed by atoms with van der Waals surface area (Å²) in [6.07, 6.45) is 13.3. The Morgan fingerprint density at radius 3 is 2.46 bits per heavy atom. The minimum atomic E-state index is -0.540. The summed E-state index contributed by atoms with van der Waals surface area (Å²) in [7, 11) is 0. The van der Waals surface area contributed by atoms with Gasteiger partial charge in [-0.3, -0.25) is 9.79 Å². The molecule has 39 heavy (non-hydrogen) atoms. The molecule has 3 atom stereocenters. The summed E-state index contributed by atoms with van der Waals surface area (Å²) in [5, 5.41) is 22.7. The molecule has 1 aromatic heterocycles. The van der Waals surface area contributed by atoms with Gasteiger partial charge < -0.3 is 21.1 Å². The summed E-state index contributed by atoms with van der Waals surface area (Å²) in [6.45, 7) is 20.3. The number of likely N-dealkylation sites (tertiary alicyclic amines) is 1. The smallest absolute Gasteiger partial charge is 0.248 e. The van der Waals surface area contributed by atoms with Crippen molar-refractivity contribution < 1.29 is 9.90 Å². The average molecular weight is 542 g/mol. The van der Waals surface area contributed by atoms with Gasteiger partial charge in [0, 0.05) is 54.9 Å². The van der Waals surface area contributed by atoms with Crippen LogP contribution in [0.1, 0.15) is 104 Å². The number of nitrogens with two attached hydrogens (primary N) is 1. The van der Waals surface area contributed by atoms with E-state index in [9.17, 15) is 9.90 Å². The van der Waals surface area contributed by atoms with E-state index < -0.39 is 12.1 Å². The lowest BCUT2D eigenvalue weighted by atomic mass is 9.85. The van der Waals surface area contributed by atoms with Crippen molar-refractivity contribution in [3.63, 3.8) is 0 Å². The van der Waals surface area contributed by atoms with Gasteiger partial charge in [-0.05, 0) is 44.1 Å². The van der Waals surface area contributed by atoms with Gasteiger partial charge in [-0.1, -0.05) is 65.8 Å². The maximum absolute atomic E-state index is 13.8. The number of hydrogen-bond donors (Lipinski definition) is 3. The van der Waals surface area contributed by atoms with Crippen LogP contribution in [-0.2, 0) is 4.79 Å². The van der Waals surface area contributed by atoms with Crippen molar-refractivity contribution in [3.05, 3.63) is 48.7 Å². The predicted octanol–water partition coefficient (Wildman–Crippen LogP) is 4.84. The number of aliphatic hydroxyl groups excluding tert-OH is 1. The molecule has 0 radical (unpaired) electrons. The second-order valence-electron chi connectivity index (χ2n) is 11.9. The summed E-state index contributed by atoms with van der Waals surface area (Å²) in [6, 6.07) is -0.336. The van der Waals surface area contributed by atoms with Crippen LogP contribution in [0.25, 0.3) is 0 Å². The SMILES string of the molecule is C=C(NC(CCC)CCC)[C@@H]1C[C@@H](O)CN1C(=O)[C@@H](n1cc(C2CC2)nn1)C(C)(C)C.C=CN=C/C=C(\C)N. The molecule has 1 saturated carbocycles. The summed E-state index contributed by atoms with van der Waals surface area (Å²) < 4.78 is 1.74. The molecule has 1 aromatic rings. The summed E-state index contributed by atoms with van der Waals surface area (Å²) in [5.74, 6) is 0.468. The highest BCUT2D eigenvalue weighted by atomic mass is 16.3. The number of allylic oxidation sites excluding steroid dienone is 2. The zero-order valence-electron chi connectivity index (χ0n) is 24.9. The van der Waals surface area contributed by atoms with E-state index in [1.165, 1.54) is 6.20 Å². The van der Waals surface area contributed by atoms with Crippen LogP contribution in [0.5, 0.6) is 0 Å². The van der Waals surface area contributed by atoms with E-state index in [1.807, 2.05) is 11.1 Å². The topological polar surface area (TPSA) is 122 Å². The third-order valence-corrected chi connectivity index (χ3v) is 7.00. The first kappa shape index (κ1) is 32.3. The van der Waals surface area contributed by atoms with Gasteiger partial charge in [0.25, 0.3) is 0 Å². The van der Waals surface area contributed by atoms with E-state index in [-0.39, 0.29) is 17.4 Å². The first-order chi connectivity index (χ1) is 18.4. The molecule has 9 heteroatoms. The Balaban J connectivity index is 0.000000580. The van der Waals surface area contributed by atoms with Crippen molar-refractivity contribution in [2.45, 2.75) is 117 Å². The van der Waals surface area contributed by atoms with Crippen LogP contribution in [-0.4, -0.2) is 61.9 Å². The van der Waals surface area contributed by atoms with Gasteiger partial charge in [0.1, 0.15) is 6.04 Å². The molecule has 3 rings (SSSR count). The molecule has 1 amide bonds. The van der Waals surface area contributed by atoms with Crippen LogP contribution in [0.3, 0.4) is 0 Å². The minimum Gasteiger partial charge on any atom is -0.402 e. The highest BCUT2D eigenvalue weighted by Crippen LogP contribution is 2.40. The van der Waals surface area contributed by atoms with E-state index >= 15 is 0 Å². The number of carbonyl (C=O) groups excluding carboxylic acids is 1. The number of amides is 1. The van der Waals surface area contributed by atoms with Crippen LogP contribution in [0.2, 0.25) is 0 Å². The molecule has 2 heterocycles. The second-order valence-corrected chi connectivity index (χ2v) is 11.9. The molecular weight excluding hydrogens is 490 g/mol. The first-order valence-electron chi connectivity index (χ1n) is 14.3. The molecule has 218 valence electrons. The number of nitrogens with one attached hydrogen (secondary N) is 1. The molecular formula is C30H51N7O2. The van der Waals surface area contributed by atoms with Gasteiger partial charge in [-0.25, -0.2) is 4.68 Å². The Hall–Kier alpha value is -2.94. The number of rotatable bonds is 12. The van der Waals surface area contributed by atoms with E-state index in [1.54, 1.807) is 23.9 Å². The molecule has 4 N–H and O–H groups in total. The molecule has 0 bridgehead atoms. The van der Waals surface area contributed by atoms with Crippen molar-refractivity contribution in [1.82, 2.24) is 25.2 Å². The number of β-amino-alcohol motifs (C(OH)–C–C–N with tert-alkyl or cyclic N) is 1. The quantitative estimate of drug-likeness (QED) is 0.326. The van der Waals surface area contributed by atoms with Crippen LogP contribution >= 0.6 is 0 Å². The molecule has 2 fully saturated rings. The molecule has 1 aliphatic heterocycles. The van der Waals surface area contributed by atoms with Gasteiger partial charge in [-0.2, -0.15) is 0 Å². The standard InChI is InChI=1S/C24H41N5O2.C6H10N2/c1-7-9-18(10-8-2)25-16(3)21-13-19(30)14-28(21)23(31)22(24(4,5)6)29-15-20(26-27-29)17-11-12-17;1-3-8-5-4-6(2)7/h15,17-19,21-22,25,30H,3,7-14H2,1-2,4-6H3;3-5H,1,7H2,2H3/b;6-4+,8-5?/t19-,21+,22-;/m1./s1. The van der Waals surface area contributed by atoms with Crippen LogP contribution in [0.4, 0.5) is 0 Å². The first-order valence-corrected chi connectivity index (χ1v) is 14.3. The molecule has 9 nitrogen and oxygen atoms in total. The summed E-state index contributed by atoms with van der Waals surface area (Å²) >= 11 is 0. The van der Waals surface area contributed by atoms with Crippen molar-refractivity contribution in [2.75, 3.05) is 6.54 Å². The Labute approximate surface area is 235 Å². The van der Waals surface area contributed by atoms with Crippen molar-refractivity contribution in [2.24, 2.45) is 16.1 Å². The van der Waals surface area contributed by atoms with E-state index in [4.69, 9.17) is 5.73 Å². The number of nitrogens with zero attached hydrogens (tertiary/aromatic N) is 5. The van der Waals surface area contributed by atoms with E-state index in [2.05, 4.69) is 68.4 Å². The van der Waals surface area contributed by atoms with Gasteiger partial charge >= 0.3 is 0 Å². The average Bonchev–Trinajstić information content (AvgIpc) is 3.45.